The van der Waals surface area contributed by atoms with E-state index in [0.29, 0.717) is 31.1 Å². The Labute approximate surface area is 152 Å². The van der Waals surface area contributed by atoms with Crippen molar-refractivity contribution in [3.05, 3.63) is 58.1 Å². The van der Waals surface area contributed by atoms with E-state index in [1.807, 2.05) is 13.0 Å². The van der Waals surface area contributed by atoms with E-state index >= 15 is 0 Å². The normalized spacial score (nSPS) is 16.4. The number of halogens is 1. The van der Waals surface area contributed by atoms with E-state index in [2.05, 4.69) is 46.0 Å². The molecule has 6 heteroatoms. The van der Waals surface area contributed by atoms with E-state index in [1.165, 1.54) is 5.56 Å². The first kappa shape index (κ1) is 17.5. The fourth-order valence-electron chi connectivity index (χ4n) is 2.94. The zero-order valence-corrected chi connectivity index (χ0v) is 16.3. The Balaban J connectivity index is 1.74. The minimum absolute atomic E-state index is 0.368. The van der Waals surface area contributed by atoms with Gasteiger partial charge in [-0.1, -0.05) is 28.1 Å². The van der Waals surface area contributed by atoms with Crippen molar-refractivity contribution < 1.29 is 8.42 Å². The molecule has 0 aliphatic carbocycles. The molecule has 0 N–H and O–H groups in total. The van der Waals surface area contributed by atoms with Gasteiger partial charge in [-0.2, -0.15) is 4.31 Å². The lowest BCUT2D eigenvalue weighted by atomic mass is 10.2. The maximum Gasteiger partial charge on any atom is 0.243 e. The Hall–Kier alpha value is -1.37. The Morgan fingerprint density at radius 1 is 0.958 bits per heavy atom. The van der Waals surface area contributed by atoms with Crippen LogP contribution >= 0.6 is 15.9 Å². The first-order chi connectivity index (χ1) is 11.4. The van der Waals surface area contributed by atoms with Gasteiger partial charge >= 0.3 is 0 Å². The maximum atomic E-state index is 12.8. The van der Waals surface area contributed by atoms with E-state index in [9.17, 15) is 8.42 Å². The fourth-order valence-corrected chi connectivity index (χ4v) is 4.69. The highest BCUT2D eigenvalue weighted by atomic mass is 79.9. The summed E-state index contributed by atoms with van der Waals surface area (Å²) in [5, 5.41) is 0. The standard InChI is InChI=1S/C18H21BrN2O2S/c1-14-4-3-5-16(12-14)20-8-10-21(11-9-20)24(22,23)17-6-7-18(19)15(2)13-17/h3-7,12-13H,8-11H2,1-2H3. The van der Waals surface area contributed by atoms with Crippen molar-refractivity contribution in [2.45, 2.75) is 18.7 Å². The largest absolute Gasteiger partial charge is 0.369 e. The highest BCUT2D eigenvalue weighted by Crippen LogP contribution is 2.25. The van der Waals surface area contributed by atoms with Crippen LogP contribution in [-0.4, -0.2) is 38.9 Å². The van der Waals surface area contributed by atoms with Crippen molar-refractivity contribution in [2.24, 2.45) is 0 Å². The Morgan fingerprint density at radius 2 is 1.67 bits per heavy atom. The van der Waals surface area contributed by atoms with Crippen LogP contribution in [0.25, 0.3) is 0 Å². The molecule has 0 bridgehead atoms. The van der Waals surface area contributed by atoms with Crippen LogP contribution in [0.3, 0.4) is 0 Å². The first-order valence-corrected chi connectivity index (χ1v) is 10.2. The smallest absolute Gasteiger partial charge is 0.243 e. The minimum Gasteiger partial charge on any atom is -0.369 e. The lowest BCUT2D eigenvalue weighted by Gasteiger charge is -2.35. The van der Waals surface area contributed by atoms with E-state index in [4.69, 9.17) is 0 Å². The summed E-state index contributed by atoms with van der Waals surface area (Å²) in [7, 11) is -3.43. The van der Waals surface area contributed by atoms with E-state index in [0.717, 1.165) is 15.7 Å². The van der Waals surface area contributed by atoms with Crippen molar-refractivity contribution >= 4 is 31.6 Å². The number of benzene rings is 2. The lowest BCUT2D eigenvalue weighted by Crippen LogP contribution is -2.48. The molecule has 1 fully saturated rings. The van der Waals surface area contributed by atoms with Crippen LogP contribution in [0.4, 0.5) is 5.69 Å². The zero-order valence-electron chi connectivity index (χ0n) is 13.9. The summed E-state index contributed by atoms with van der Waals surface area (Å²) in [5.74, 6) is 0. The topological polar surface area (TPSA) is 40.6 Å². The molecular formula is C18H21BrN2O2S. The molecular weight excluding hydrogens is 388 g/mol. The van der Waals surface area contributed by atoms with Gasteiger partial charge in [0.15, 0.2) is 0 Å². The molecule has 0 spiro atoms. The van der Waals surface area contributed by atoms with Crippen molar-refractivity contribution in [1.29, 1.82) is 0 Å². The molecule has 24 heavy (non-hydrogen) atoms. The van der Waals surface area contributed by atoms with E-state index in [-0.39, 0.29) is 0 Å². The van der Waals surface area contributed by atoms with Crippen molar-refractivity contribution in [2.75, 3.05) is 31.1 Å². The number of rotatable bonds is 3. The molecule has 0 aromatic heterocycles. The highest BCUT2D eigenvalue weighted by molar-refractivity contribution is 9.10. The Kier molecular flexibility index (Phi) is 4.99. The number of sulfonamides is 1. The third-order valence-electron chi connectivity index (χ3n) is 4.37. The molecule has 2 aromatic carbocycles. The maximum absolute atomic E-state index is 12.8. The van der Waals surface area contributed by atoms with Crippen molar-refractivity contribution in [1.82, 2.24) is 4.31 Å². The average Bonchev–Trinajstić information content (AvgIpc) is 2.57. The second-order valence-electron chi connectivity index (χ2n) is 6.14. The van der Waals surface area contributed by atoms with Gasteiger partial charge in [0, 0.05) is 36.3 Å². The van der Waals surface area contributed by atoms with Crippen LogP contribution in [0.2, 0.25) is 0 Å². The minimum atomic E-state index is -3.43. The summed E-state index contributed by atoms with van der Waals surface area (Å²) in [5.41, 5.74) is 3.30. The lowest BCUT2D eigenvalue weighted by molar-refractivity contribution is 0.385. The molecule has 0 unspecified atom stereocenters. The van der Waals surface area contributed by atoms with Crippen LogP contribution in [0.5, 0.6) is 0 Å². The van der Waals surface area contributed by atoms with Gasteiger partial charge in [0.1, 0.15) is 0 Å². The molecule has 1 saturated heterocycles. The van der Waals surface area contributed by atoms with Crippen LogP contribution < -0.4 is 4.90 Å². The quantitative estimate of drug-likeness (QED) is 0.778. The van der Waals surface area contributed by atoms with Gasteiger partial charge in [-0.3, -0.25) is 0 Å². The SMILES string of the molecule is Cc1cccc(N2CCN(S(=O)(=O)c3ccc(Br)c(C)c3)CC2)c1. The van der Waals surface area contributed by atoms with Gasteiger partial charge in [0.2, 0.25) is 10.0 Å². The third-order valence-corrected chi connectivity index (χ3v) is 7.16. The van der Waals surface area contributed by atoms with E-state index in [1.54, 1.807) is 22.5 Å². The Morgan fingerprint density at radius 3 is 2.29 bits per heavy atom. The van der Waals surface area contributed by atoms with Crippen molar-refractivity contribution in [3.8, 4) is 0 Å². The molecule has 128 valence electrons. The van der Waals surface area contributed by atoms with Crippen molar-refractivity contribution in [3.63, 3.8) is 0 Å². The molecule has 1 aliphatic rings. The summed E-state index contributed by atoms with van der Waals surface area (Å²) in [6, 6.07) is 13.5. The second kappa shape index (κ2) is 6.86. The van der Waals surface area contributed by atoms with Gasteiger partial charge in [-0.25, -0.2) is 8.42 Å². The van der Waals surface area contributed by atoms with Crippen LogP contribution in [0.15, 0.2) is 51.8 Å². The number of anilines is 1. The number of hydrogen-bond donors (Lipinski definition) is 0. The fraction of sp³-hybridized carbons (Fsp3) is 0.333. The van der Waals surface area contributed by atoms with Crippen LogP contribution in [-0.2, 0) is 10.0 Å². The molecule has 0 radical (unpaired) electrons. The number of piperazine rings is 1. The highest BCUT2D eigenvalue weighted by Gasteiger charge is 2.28. The van der Waals surface area contributed by atoms with Gasteiger partial charge in [-0.05, 0) is 55.3 Å². The van der Waals surface area contributed by atoms with Gasteiger partial charge in [-0.15, -0.1) is 0 Å². The Bertz CT molecular complexity index is 844. The molecule has 4 nitrogen and oxygen atoms in total. The second-order valence-corrected chi connectivity index (χ2v) is 8.93. The number of aryl methyl sites for hydroxylation is 2. The van der Waals surface area contributed by atoms with Crippen LogP contribution in [0.1, 0.15) is 11.1 Å². The summed E-state index contributed by atoms with van der Waals surface area (Å²) in [6.07, 6.45) is 0. The summed E-state index contributed by atoms with van der Waals surface area (Å²) < 4.78 is 28.2. The summed E-state index contributed by atoms with van der Waals surface area (Å²) >= 11 is 3.42. The number of hydrogen-bond acceptors (Lipinski definition) is 3. The van der Waals surface area contributed by atoms with Gasteiger partial charge < -0.3 is 4.90 Å². The molecule has 3 rings (SSSR count). The summed E-state index contributed by atoms with van der Waals surface area (Å²) in [4.78, 5) is 2.61. The van der Waals surface area contributed by atoms with E-state index < -0.39 is 10.0 Å². The molecule has 0 atom stereocenters. The van der Waals surface area contributed by atoms with Gasteiger partial charge in [0.05, 0.1) is 4.90 Å². The molecule has 1 aliphatic heterocycles. The third kappa shape index (κ3) is 3.50. The molecule has 0 amide bonds. The van der Waals surface area contributed by atoms with Crippen LogP contribution in [0, 0.1) is 13.8 Å². The molecule has 2 aromatic rings. The first-order valence-electron chi connectivity index (χ1n) is 7.96. The zero-order chi connectivity index (χ0) is 17.3. The average molecular weight is 409 g/mol. The predicted octanol–water partition coefficient (Wildman–Crippen LogP) is 3.58. The predicted molar refractivity (Wildman–Crippen MR) is 101 cm³/mol. The monoisotopic (exact) mass is 408 g/mol. The molecule has 1 heterocycles. The molecule has 0 saturated carbocycles. The summed E-state index contributed by atoms with van der Waals surface area (Å²) in [6.45, 7) is 6.39. The van der Waals surface area contributed by atoms with Gasteiger partial charge in [0.25, 0.3) is 0 Å². The number of nitrogens with zero attached hydrogens (tertiary/aromatic N) is 2.